The molecule has 64 valence electrons. The van der Waals surface area contributed by atoms with Gasteiger partial charge in [-0.25, -0.2) is 0 Å². The van der Waals surface area contributed by atoms with Crippen LogP contribution >= 0.6 is 13.5 Å². The van der Waals surface area contributed by atoms with E-state index >= 15 is 0 Å². The van der Waals surface area contributed by atoms with Crippen molar-refractivity contribution in [2.24, 2.45) is 11.7 Å². The fraction of sp³-hybridized carbons (Fsp3) is 1.00. The van der Waals surface area contributed by atoms with Gasteiger partial charge in [0.15, 0.2) is 0 Å². The quantitative estimate of drug-likeness (QED) is 0.677. The first kappa shape index (κ1) is 12.9. The first-order valence-electron chi connectivity index (χ1n) is 3.41. The standard InChI is InChI=1S/C7H17NO.H2S/c1-6(2)4-7(8)5-9-3;/h6-7H,4-5,8H2,1-3H3;1H2/t7-;/m0./s1. The fourth-order valence-electron chi connectivity index (χ4n) is 0.888. The molecule has 0 aromatic rings. The van der Waals surface area contributed by atoms with Gasteiger partial charge in [0.2, 0.25) is 0 Å². The van der Waals surface area contributed by atoms with E-state index in [4.69, 9.17) is 10.5 Å². The van der Waals surface area contributed by atoms with Gasteiger partial charge in [-0.05, 0) is 12.3 Å². The van der Waals surface area contributed by atoms with Crippen LogP contribution in [0.15, 0.2) is 0 Å². The van der Waals surface area contributed by atoms with Crippen LogP contribution in [0.1, 0.15) is 20.3 Å². The van der Waals surface area contributed by atoms with Crippen molar-refractivity contribution in [2.75, 3.05) is 13.7 Å². The Morgan fingerprint density at radius 2 is 1.90 bits per heavy atom. The van der Waals surface area contributed by atoms with Crippen LogP contribution in [-0.4, -0.2) is 19.8 Å². The first-order chi connectivity index (χ1) is 4.16. The third kappa shape index (κ3) is 8.27. The first-order valence-corrected chi connectivity index (χ1v) is 3.41. The zero-order valence-corrected chi connectivity index (χ0v) is 8.05. The molecule has 0 fully saturated rings. The second-order valence-corrected chi connectivity index (χ2v) is 2.84. The molecule has 2 N–H and O–H groups in total. The van der Waals surface area contributed by atoms with E-state index in [1.54, 1.807) is 7.11 Å². The Kier molecular flexibility index (Phi) is 9.52. The molecule has 0 aliphatic rings. The summed E-state index contributed by atoms with van der Waals surface area (Å²) < 4.78 is 4.88. The van der Waals surface area contributed by atoms with Gasteiger partial charge >= 0.3 is 0 Å². The maximum atomic E-state index is 5.66. The average molecular weight is 165 g/mol. The smallest absolute Gasteiger partial charge is 0.0613 e. The minimum Gasteiger partial charge on any atom is -0.383 e. The van der Waals surface area contributed by atoms with Crippen molar-refractivity contribution in [3.63, 3.8) is 0 Å². The summed E-state index contributed by atoms with van der Waals surface area (Å²) in [6.45, 7) is 5.00. The van der Waals surface area contributed by atoms with Gasteiger partial charge in [0.1, 0.15) is 0 Å². The predicted octanol–water partition coefficient (Wildman–Crippen LogP) is 1.12. The number of hydrogen-bond acceptors (Lipinski definition) is 2. The zero-order valence-electron chi connectivity index (χ0n) is 7.05. The van der Waals surface area contributed by atoms with Gasteiger partial charge in [-0.2, -0.15) is 13.5 Å². The van der Waals surface area contributed by atoms with E-state index in [0.717, 1.165) is 6.42 Å². The van der Waals surface area contributed by atoms with Crippen LogP contribution in [0.4, 0.5) is 0 Å². The number of ether oxygens (including phenoxy) is 1. The molecule has 1 atom stereocenters. The summed E-state index contributed by atoms with van der Waals surface area (Å²) in [5.41, 5.74) is 5.66. The molecule has 0 rings (SSSR count). The van der Waals surface area contributed by atoms with E-state index in [1.165, 1.54) is 0 Å². The largest absolute Gasteiger partial charge is 0.383 e. The van der Waals surface area contributed by atoms with Crippen molar-refractivity contribution in [1.29, 1.82) is 0 Å². The molecule has 0 aromatic heterocycles. The zero-order chi connectivity index (χ0) is 7.28. The van der Waals surface area contributed by atoms with Crippen molar-refractivity contribution in [2.45, 2.75) is 26.3 Å². The number of hydrogen-bond donors (Lipinski definition) is 1. The van der Waals surface area contributed by atoms with Crippen LogP contribution < -0.4 is 5.73 Å². The summed E-state index contributed by atoms with van der Waals surface area (Å²) in [5.74, 6) is 0.676. The van der Waals surface area contributed by atoms with E-state index in [2.05, 4.69) is 13.8 Å². The minimum atomic E-state index is 0. The molecule has 10 heavy (non-hydrogen) atoms. The van der Waals surface area contributed by atoms with Crippen LogP contribution in [0.25, 0.3) is 0 Å². The highest BCUT2D eigenvalue weighted by Crippen LogP contribution is 2.01. The molecule has 0 aliphatic heterocycles. The van der Waals surface area contributed by atoms with Crippen LogP contribution in [0.5, 0.6) is 0 Å². The molecule has 0 radical (unpaired) electrons. The highest BCUT2D eigenvalue weighted by molar-refractivity contribution is 7.59. The number of methoxy groups -OCH3 is 1. The molecule has 0 amide bonds. The van der Waals surface area contributed by atoms with Gasteiger partial charge in [-0.15, -0.1) is 0 Å². The Hall–Kier alpha value is 0.270. The molecule has 0 spiro atoms. The summed E-state index contributed by atoms with van der Waals surface area (Å²) in [6, 6.07) is 0.218. The van der Waals surface area contributed by atoms with Gasteiger partial charge in [-0.1, -0.05) is 13.8 Å². The van der Waals surface area contributed by atoms with Gasteiger partial charge in [0.25, 0.3) is 0 Å². The molecule has 0 unspecified atom stereocenters. The summed E-state index contributed by atoms with van der Waals surface area (Å²) in [6.07, 6.45) is 1.05. The van der Waals surface area contributed by atoms with Gasteiger partial charge in [0, 0.05) is 13.2 Å². The lowest BCUT2D eigenvalue weighted by atomic mass is 10.1. The van der Waals surface area contributed by atoms with Crippen molar-refractivity contribution in [3.05, 3.63) is 0 Å². The van der Waals surface area contributed by atoms with Crippen molar-refractivity contribution in [3.8, 4) is 0 Å². The summed E-state index contributed by atoms with van der Waals surface area (Å²) in [5, 5.41) is 0. The Labute approximate surface area is 70.6 Å². The second-order valence-electron chi connectivity index (χ2n) is 2.84. The molecule has 0 bridgehead atoms. The van der Waals surface area contributed by atoms with E-state index < -0.39 is 0 Å². The van der Waals surface area contributed by atoms with E-state index in [-0.39, 0.29) is 19.5 Å². The maximum Gasteiger partial charge on any atom is 0.0613 e. The highest BCUT2D eigenvalue weighted by Gasteiger charge is 2.03. The molecule has 2 nitrogen and oxygen atoms in total. The van der Waals surface area contributed by atoms with E-state index in [0.29, 0.717) is 12.5 Å². The van der Waals surface area contributed by atoms with Crippen LogP contribution in [0, 0.1) is 5.92 Å². The third-order valence-electron chi connectivity index (χ3n) is 1.15. The summed E-state index contributed by atoms with van der Waals surface area (Å²) in [4.78, 5) is 0. The fourth-order valence-corrected chi connectivity index (χ4v) is 0.888. The highest BCUT2D eigenvalue weighted by atomic mass is 32.1. The number of nitrogens with two attached hydrogens (primary N) is 1. The molecule has 0 saturated heterocycles. The molecular weight excluding hydrogens is 146 g/mol. The topological polar surface area (TPSA) is 35.2 Å². The SMILES string of the molecule is COC[C@@H](N)CC(C)C.S. The molecule has 3 heteroatoms. The van der Waals surface area contributed by atoms with Crippen LogP contribution in [0.3, 0.4) is 0 Å². The van der Waals surface area contributed by atoms with Gasteiger partial charge < -0.3 is 10.5 Å². The lowest BCUT2D eigenvalue weighted by molar-refractivity contribution is 0.172. The lowest BCUT2D eigenvalue weighted by Crippen LogP contribution is -2.27. The van der Waals surface area contributed by atoms with Crippen molar-refractivity contribution < 1.29 is 4.74 Å². The maximum absolute atomic E-state index is 5.66. The second kappa shape index (κ2) is 7.38. The van der Waals surface area contributed by atoms with Crippen molar-refractivity contribution in [1.82, 2.24) is 0 Å². The molecule has 0 saturated carbocycles. The Balaban J connectivity index is 0. The summed E-state index contributed by atoms with van der Waals surface area (Å²) >= 11 is 0. The van der Waals surface area contributed by atoms with E-state index in [9.17, 15) is 0 Å². The van der Waals surface area contributed by atoms with Crippen molar-refractivity contribution >= 4 is 13.5 Å². The normalized spacial score (nSPS) is 12.9. The predicted molar refractivity (Wildman–Crippen MR) is 49.7 cm³/mol. The average Bonchev–Trinajstić information content (AvgIpc) is 1.63. The summed E-state index contributed by atoms with van der Waals surface area (Å²) in [7, 11) is 1.68. The monoisotopic (exact) mass is 165 g/mol. The molecular formula is C7H19NOS. The Morgan fingerprint density at radius 3 is 2.20 bits per heavy atom. The molecule has 0 aromatic carbocycles. The Bertz CT molecular complexity index is 68.6. The van der Waals surface area contributed by atoms with Crippen LogP contribution in [0.2, 0.25) is 0 Å². The molecule has 0 aliphatic carbocycles. The minimum absolute atomic E-state index is 0. The van der Waals surface area contributed by atoms with Gasteiger partial charge in [-0.3, -0.25) is 0 Å². The van der Waals surface area contributed by atoms with E-state index in [1.807, 2.05) is 0 Å². The lowest BCUT2D eigenvalue weighted by Gasteiger charge is -2.11. The van der Waals surface area contributed by atoms with Crippen LogP contribution in [-0.2, 0) is 4.74 Å². The van der Waals surface area contributed by atoms with Gasteiger partial charge in [0.05, 0.1) is 6.61 Å². The Morgan fingerprint density at radius 1 is 1.40 bits per heavy atom. The number of rotatable bonds is 4. The third-order valence-corrected chi connectivity index (χ3v) is 1.15. The molecule has 0 heterocycles.